The lowest BCUT2D eigenvalue weighted by atomic mass is 9.83. The highest BCUT2D eigenvalue weighted by molar-refractivity contribution is 14.1. The third kappa shape index (κ3) is 2.86. The summed E-state index contributed by atoms with van der Waals surface area (Å²) in [5.41, 5.74) is -0.650. The van der Waals surface area contributed by atoms with Crippen molar-refractivity contribution in [2.45, 2.75) is 32.4 Å². The van der Waals surface area contributed by atoms with Crippen molar-refractivity contribution in [3.05, 3.63) is 32.9 Å². The zero-order valence-electron chi connectivity index (χ0n) is 8.74. The first-order valence-electron chi connectivity index (χ1n) is 4.50. The highest BCUT2D eigenvalue weighted by atomic mass is 127. The zero-order valence-corrected chi connectivity index (χ0v) is 10.9. The summed E-state index contributed by atoms with van der Waals surface area (Å²) in [7, 11) is 0. The molecular weight excluding hydrogens is 316 g/mol. The van der Waals surface area contributed by atoms with Gasteiger partial charge in [0, 0.05) is 3.57 Å². The van der Waals surface area contributed by atoms with E-state index in [-0.39, 0.29) is 0 Å². The minimum atomic E-state index is -4.27. The van der Waals surface area contributed by atoms with Gasteiger partial charge in [-0.1, -0.05) is 26.8 Å². The number of hydrogen-bond donors (Lipinski definition) is 0. The maximum atomic E-state index is 12.8. The van der Waals surface area contributed by atoms with E-state index in [4.69, 9.17) is 0 Å². The highest BCUT2D eigenvalue weighted by Gasteiger charge is 2.37. The Morgan fingerprint density at radius 2 is 1.60 bits per heavy atom. The van der Waals surface area contributed by atoms with Gasteiger partial charge < -0.3 is 0 Å². The van der Waals surface area contributed by atoms with E-state index in [9.17, 15) is 13.2 Å². The van der Waals surface area contributed by atoms with Crippen LogP contribution in [0, 0.1) is 3.57 Å². The molecule has 0 amide bonds. The van der Waals surface area contributed by atoms with Gasteiger partial charge in [0.1, 0.15) is 0 Å². The average molecular weight is 328 g/mol. The predicted octanol–water partition coefficient (Wildman–Crippen LogP) is 4.61. The van der Waals surface area contributed by atoms with Crippen LogP contribution >= 0.6 is 22.6 Å². The number of hydrogen-bond acceptors (Lipinski definition) is 0. The molecule has 0 heterocycles. The molecule has 0 unspecified atom stereocenters. The lowest BCUT2D eigenvalue weighted by Gasteiger charge is -2.25. The van der Waals surface area contributed by atoms with Gasteiger partial charge in [-0.3, -0.25) is 0 Å². The molecule has 0 fully saturated rings. The van der Waals surface area contributed by atoms with Crippen LogP contribution in [-0.2, 0) is 11.6 Å². The van der Waals surface area contributed by atoms with E-state index in [0.717, 1.165) is 6.07 Å². The topological polar surface area (TPSA) is 0 Å². The molecule has 0 nitrogen and oxygen atoms in total. The summed E-state index contributed by atoms with van der Waals surface area (Å²) in [5, 5.41) is 0. The maximum absolute atomic E-state index is 12.8. The van der Waals surface area contributed by atoms with E-state index < -0.39 is 17.2 Å². The molecule has 0 radical (unpaired) electrons. The van der Waals surface area contributed by atoms with Crippen molar-refractivity contribution >= 4 is 22.6 Å². The summed E-state index contributed by atoms with van der Waals surface area (Å²) >= 11 is 1.95. The largest absolute Gasteiger partial charge is 0.416 e. The summed E-state index contributed by atoms with van der Waals surface area (Å²) in [5.74, 6) is 0. The van der Waals surface area contributed by atoms with Crippen LogP contribution < -0.4 is 0 Å². The Labute approximate surface area is 101 Å². The first-order chi connectivity index (χ1) is 6.64. The molecule has 4 heteroatoms. The Morgan fingerprint density at radius 1 is 1.07 bits per heavy atom. The van der Waals surface area contributed by atoms with Crippen molar-refractivity contribution in [3.8, 4) is 0 Å². The SMILES string of the molecule is CC(C)(C)c1c(I)cccc1C(F)(F)F. The third-order valence-corrected chi connectivity index (χ3v) is 2.97. The highest BCUT2D eigenvalue weighted by Crippen LogP contribution is 2.39. The maximum Gasteiger partial charge on any atom is 0.416 e. The van der Waals surface area contributed by atoms with Crippen LogP contribution in [0.1, 0.15) is 31.9 Å². The molecule has 0 aromatic heterocycles. The molecule has 0 saturated carbocycles. The van der Waals surface area contributed by atoms with Gasteiger partial charge in [-0.25, -0.2) is 0 Å². The van der Waals surface area contributed by atoms with Crippen molar-refractivity contribution < 1.29 is 13.2 Å². The van der Waals surface area contributed by atoms with Crippen LogP contribution in [0.4, 0.5) is 13.2 Å². The smallest absolute Gasteiger partial charge is 0.166 e. The van der Waals surface area contributed by atoms with Gasteiger partial charge in [-0.2, -0.15) is 13.2 Å². The Balaban J connectivity index is 3.48. The van der Waals surface area contributed by atoms with Crippen LogP contribution in [0.3, 0.4) is 0 Å². The van der Waals surface area contributed by atoms with Crippen molar-refractivity contribution in [1.29, 1.82) is 0 Å². The lowest BCUT2D eigenvalue weighted by molar-refractivity contribution is -0.138. The van der Waals surface area contributed by atoms with Gasteiger partial charge in [0.05, 0.1) is 5.56 Å². The van der Waals surface area contributed by atoms with Crippen molar-refractivity contribution in [2.24, 2.45) is 0 Å². The first kappa shape index (κ1) is 12.8. The van der Waals surface area contributed by atoms with Gasteiger partial charge in [0.15, 0.2) is 0 Å². The molecule has 0 N–H and O–H groups in total. The summed E-state index contributed by atoms with van der Waals surface area (Å²) < 4.78 is 38.9. The van der Waals surface area contributed by atoms with Gasteiger partial charge in [-0.15, -0.1) is 0 Å². The molecule has 0 spiro atoms. The normalized spacial score (nSPS) is 13.0. The summed E-state index contributed by atoms with van der Waals surface area (Å²) in [6.07, 6.45) is -4.27. The molecule has 0 atom stereocenters. The van der Waals surface area contributed by atoms with Crippen LogP contribution in [-0.4, -0.2) is 0 Å². The Kier molecular flexibility index (Phi) is 3.38. The average Bonchev–Trinajstić information content (AvgIpc) is 1.99. The second-order valence-corrected chi connectivity index (χ2v) is 5.57. The van der Waals surface area contributed by atoms with E-state index in [2.05, 4.69) is 0 Å². The van der Waals surface area contributed by atoms with E-state index >= 15 is 0 Å². The van der Waals surface area contributed by atoms with E-state index in [1.165, 1.54) is 6.07 Å². The predicted molar refractivity (Wildman–Crippen MR) is 62.9 cm³/mol. The number of benzene rings is 1. The van der Waals surface area contributed by atoms with Crippen LogP contribution in [0.5, 0.6) is 0 Å². The molecule has 1 aromatic carbocycles. The van der Waals surface area contributed by atoms with Gasteiger partial charge in [-0.05, 0) is 45.7 Å². The van der Waals surface area contributed by atoms with E-state index in [0.29, 0.717) is 9.13 Å². The molecule has 15 heavy (non-hydrogen) atoms. The van der Waals surface area contributed by atoms with Gasteiger partial charge in [0.25, 0.3) is 0 Å². The fraction of sp³-hybridized carbons (Fsp3) is 0.455. The second-order valence-electron chi connectivity index (χ2n) is 4.41. The summed E-state index contributed by atoms with van der Waals surface area (Å²) in [6.45, 7) is 5.37. The molecule has 84 valence electrons. The minimum Gasteiger partial charge on any atom is -0.166 e. The Bertz CT molecular complexity index is 361. The molecule has 0 aliphatic carbocycles. The summed E-state index contributed by atoms with van der Waals surface area (Å²) in [4.78, 5) is 0. The molecule has 0 bridgehead atoms. The van der Waals surface area contributed by atoms with Crippen LogP contribution in [0.2, 0.25) is 0 Å². The van der Waals surface area contributed by atoms with Crippen molar-refractivity contribution in [2.75, 3.05) is 0 Å². The molecule has 1 aromatic rings. The molecular formula is C11H12F3I. The molecule has 1 rings (SSSR count). The molecule has 0 saturated heterocycles. The van der Waals surface area contributed by atoms with Crippen molar-refractivity contribution in [3.63, 3.8) is 0 Å². The zero-order chi connectivity index (χ0) is 11.9. The standard InChI is InChI=1S/C11H12F3I/c1-10(2,3)9-7(11(12,13)14)5-4-6-8(9)15/h4-6H,1-3H3. The van der Waals surface area contributed by atoms with E-state index in [1.54, 1.807) is 26.8 Å². The number of alkyl halides is 3. The van der Waals surface area contributed by atoms with Crippen LogP contribution in [0.15, 0.2) is 18.2 Å². The van der Waals surface area contributed by atoms with Crippen molar-refractivity contribution in [1.82, 2.24) is 0 Å². The molecule has 0 aliphatic heterocycles. The Hall–Kier alpha value is -0.260. The fourth-order valence-corrected chi connectivity index (χ4v) is 2.83. The summed E-state index contributed by atoms with van der Waals surface area (Å²) in [6, 6.07) is 4.29. The van der Waals surface area contributed by atoms with Gasteiger partial charge >= 0.3 is 6.18 Å². The van der Waals surface area contributed by atoms with E-state index in [1.807, 2.05) is 22.6 Å². The Morgan fingerprint density at radius 3 is 1.93 bits per heavy atom. The van der Waals surface area contributed by atoms with Crippen LogP contribution in [0.25, 0.3) is 0 Å². The number of rotatable bonds is 0. The second kappa shape index (κ2) is 3.96. The minimum absolute atomic E-state index is 0.373. The third-order valence-electron chi connectivity index (χ3n) is 2.07. The number of halogens is 4. The first-order valence-corrected chi connectivity index (χ1v) is 5.58. The lowest BCUT2D eigenvalue weighted by Crippen LogP contribution is -2.21. The quantitative estimate of drug-likeness (QED) is 0.610. The monoisotopic (exact) mass is 328 g/mol. The molecule has 0 aliphatic rings. The fourth-order valence-electron chi connectivity index (χ4n) is 1.52. The van der Waals surface area contributed by atoms with Gasteiger partial charge in [0.2, 0.25) is 0 Å².